The molecule has 3 nitrogen and oxygen atoms in total. The Bertz CT molecular complexity index is 362. The summed E-state index contributed by atoms with van der Waals surface area (Å²) in [5, 5.41) is 5.39. The molecule has 0 fully saturated rings. The maximum Gasteiger partial charge on any atom is 0.193 e. The standard InChI is InChI=1S/C9H13N3S/c1-3-10-7(2)8-6-12-4-5-13-9(12)11-8/h4-7,10H,3H2,1-2H3. The predicted octanol–water partition coefficient (Wildman–Crippen LogP) is 2.07. The second-order valence-corrected chi connectivity index (χ2v) is 3.91. The third kappa shape index (κ3) is 1.59. The normalized spacial score (nSPS) is 13.7. The summed E-state index contributed by atoms with van der Waals surface area (Å²) in [7, 11) is 0. The van der Waals surface area contributed by atoms with Crippen molar-refractivity contribution in [2.45, 2.75) is 19.9 Å². The minimum atomic E-state index is 0.345. The van der Waals surface area contributed by atoms with Crippen molar-refractivity contribution in [3.63, 3.8) is 0 Å². The first kappa shape index (κ1) is 8.72. The highest BCUT2D eigenvalue weighted by atomic mass is 32.1. The molecule has 2 heterocycles. The fourth-order valence-corrected chi connectivity index (χ4v) is 2.07. The minimum Gasteiger partial charge on any atom is -0.309 e. The molecule has 0 amide bonds. The number of imidazole rings is 1. The van der Waals surface area contributed by atoms with Gasteiger partial charge in [0.1, 0.15) is 0 Å². The summed E-state index contributed by atoms with van der Waals surface area (Å²) < 4.78 is 2.06. The van der Waals surface area contributed by atoms with Crippen molar-refractivity contribution in [1.82, 2.24) is 14.7 Å². The van der Waals surface area contributed by atoms with Gasteiger partial charge in [-0.05, 0) is 13.5 Å². The number of nitrogens with zero attached hydrogens (tertiary/aromatic N) is 2. The molecule has 1 unspecified atom stereocenters. The van der Waals surface area contributed by atoms with Gasteiger partial charge in [-0.25, -0.2) is 4.98 Å². The Hall–Kier alpha value is -0.870. The number of nitrogens with one attached hydrogen (secondary N) is 1. The number of rotatable bonds is 3. The molecule has 0 saturated heterocycles. The predicted molar refractivity (Wildman–Crippen MR) is 55.2 cm³/mol. The molecule has 0 saturated carbocycles. The van der Waals surface area contributed by atoms with Gasteiger partial charge < -0.3 is 5.32 Å². The van der Waals surface area contributed by atoms with Crippen LogP contribution in [-0.4, -0.2) is 15.9 Å². The van der Waals surface area contributed by atoms with Gasteiger partial charge in [-0.15, -0.1) is 11.3 Å². The van der Waals surface area contributed by atoms with E-state index in [9.17, 15) is 0 Å². The second-order valence-electron chi connectivity index (χ2n) is 3.04. The van der Waals surface area contributed by atoms with Gasteiger partial charge in [0.15, 0.2) is 4.96 Å². The summed E-state index contributed by atoms with van der Waals surface area (Å²) in [6.45, 7) is 5.22. The van der Waals surface area contributed by atoms with Crippen molar-refractivity contribution in [1.29, 1.82) is 0 Å². The minimum absolute atomic E-state index is 0.345. The quantitative estimate of drug-likeness (QED) is 0.812. The number of hydrogen-bond donors (Lipinski definition) is 1. The molecule has 0 spiro atoms. The van der Waals surface area contributed by atoms with E-state index >= 15 is 0 Å². The van der Waals surface area contributed by atoms with E-state index < -0.39 is 0 Å². The van der Waals surface area contributed by atoms with Crippen LogP contribution in [0.5, 0.6) is 0 Å². The molecule has 1 atom stereocenters. The van der Waals surface area contributed by atoms with Crippen molar-refractivity contribution < 1.29 is 0 Å². The molecular weight excluding hydrogens is 182 g/mol. The maximum atomic E-state index is 4.51. The Balaban J connectivity index is 2.28. The van der Waals surface area contributed by atoms with E-state index in [2.05, 4.69) is 34.7 Å². The number of fused-ring (bicyclic) bond motifs is 1. The lowest BCUT2D eigenvalue weighted by Crippen LogP contribution is -2.17. The van der Waals surface area contributed by atoms with Crippen LogP contribution < -0.4 is 5.32 Å². The Kier molecular flexibility index (Phi) is 2.33. The van der Waals surface area contributed by atoms with Crippen molar-refractivity contribution in [2.24, 2.45) is 0 Å². The largest absolute Gasteiger partial charge is 0.309 e. The lowest BCUT2D eigenvalue weighted by molar-refractivity contribution is 0.586. The van der Waals surface area contributed by atoms with Crippen LogP contribution in [0.15, 0.2) is 17.8 Å². The zero-order chi connectivity index (χ0) is 9.26. The van der Waals surface area contributed by atoms with Crippen LogP contribution in [0.4, 0.5) is 0 Å². The van der Waals surface area contributed by atoms with Gasteiger partial charge in [0.05, 0.1) is 5.69 Å². The van der Waals surface area contributed by atoms with E-state index in [0.717, 1.165) is 17.2 Å². The molecule has 0 aromatic carbocycles. The molecule has 0 radical (unpaired) electrons. The smallest absolute Gasteiger partial charge is 0.193 e. The zero-order valence-corrected chi connectivity index (χ0v) is 8.64. The average molecular weight is 195 g/mol. The molecule has 13 heavy (non-hydrogen) atoms. The van der Waals surface area contributed by atoms with Crippen LogP contribution in [0.3, 0.4) is 0 Å². The van der Waals surface area contributed by atoms with Crippen LogP contribution >= 0.6 is 11.3 Å². The summed E-state index contributed by atoms with van der Waals surface area (Å²) in [6.07, 6.45) is 4.12. The maximum absolute atomic E-state index is 4.51. The molecule has 1 N–H and O–H groups in total. The molecule has 2 rings (SSSR count). The third-order valence-electron chi connectivity index (χ3n) is 2.07. The summed E-state index contributed by atoms with van der Waals surface area (Å²) in [6, 6.07) is 0.345. The van der Waals surface area contributed by atoms with E-state index in [4.69, 9.17) is 0 Å². The highest BCUT2D eigenvalue weighted by molar-refractivity contribution is 7.15. The molecule has 4 heteroatoms. The lowest BCUT2D eigenvalue weighted by atomic mass is 10.2. The van der Waals surface area contributed by atoms with Gasteiger partial charge >= 0.3 is 0 Å². The van der Waals surface area contributed by atoms with E-state index in [1.807, 2.05) is 11.6 Å². The fraction of sp³-hybridized carbons (Fsp3) is 0.444. The summed E-state index contributed by atoms with van der Waals surface area (Å²) >= 11 is 1.67. The Morgan fingerprint density at radius 3 is 3.23 bits per heavy atom. The van der Waals surface area contributed by atoms with E-state index in [0.29, 0.717) is 6.04 Å². The average Bonchev–Trinajstić information content (AvgIpc) is 2.61. The van der Waals surface area contributed by atoms with Crippen LogP contribution in [0.25, 0.3) is 4.96 Å². The molecular formula is C9H13N3S. The molecule has 2 aromatic rings. The number of hydrogen-bond acceptors (Lipinski definition) is 3. The Morgan fingerprint density at radius 1 is 1.69 bits per heavy atom. The fourth-order valence-electron chi connectivity index (χ4n) is 1.37. The van der Waals surface area contributed by atoms with Gasteiger partial charge in [0.2, 0.25) is 0 Å². The first-order valence-corrected chi connectivity index (χ1v) is 5.34. The first-order valence-electron chi connectivity index (χ1n) is 4.46. The van der Waals surface area contributed by atoms with Crippen molar-refractivity contribution >= 4 is 16.3 Å². The SMILES string of the molecule is CCNC(C)c1cn2ccsc2n1. The van der Waals surface area contributed by atoms with E-state index in [1.165, 1.54) is 0 Å². The van der Waals surface area contributed by atoms with Crippen molar-refractivity contribution in [3.05, 3.63) is 23.5 Å². The molecule has 2 aromatic heterocycles. The van der Waals surface area contributed by atoms with Crippen LogP contribution in [0, 0.1) is 0 Å². The van der Waals surface area contributed by atoms with Gasteiger partial charge in [-0.1, -0.05) is 6.92 Å². The molecule has 0 aliphatic rings. The Morgan fingerprint density at radius 2 is 2.54 bits per heavy atom. The lowest BCUT2D eigenvalue weighted by Gasteiger charge is -2.07. The molecule has 70 valence electrons. The van der Waals surface area contributed by atoms with Crippen molar-refractivity contribution in [3.8, 4) is 0 Å². The van der Waals surface area contributed by atoms with E-state index in [1.54, 1.807) is 11.3 Å². The van der Waals surface area contributed by atoms with E-state index in [-0.39, 0.29) is 0 Å². The summed E-state index contributed by atoms with van der Waals surface area (Å²) in [5.74, 6) is 0. The van der Waals surface area contributed by atoms with Gasteiger partial charge in [-0.2, -0.15) is 0 Å². The van der Waals surface area contributed by atoms with Gasteiger partial charge in [0, 0.05) is 23.8 Å². The third-order valence-corrected chi connectivity index (χ3v) is 2.84. The summed E-state index contributed by atoms with van der Waals surface area (Å²) in [4.78, 5) is 5.58. The highest BCUT2D eigenvalue weighted by Crippen LogP contribution is 2.16. The van der Waals surface area contributed by atoms with Crippen LogP contribution in [0.1, 0.15) is 25.6 Å². The first-order chi connectivity index (χ1) is 6.31. The number of aromatic nitrogens is 2. The second kappa shape index (κ2) is 3.47. The van der Waals surface area contributed by atoms with Gasteiger partial charge in [0.25, 0.3) is 0 Å². The van der Waals surface area contributed by atoms with Crippen LogP contribution in [0.2, 0.25) is 0 Å². The molecule has 0 aliphatic heterocycles. The topological polar surface area (TPSA) is 29.3 Å². The Labute approximate surface area is 81.4 Å². The van der Waals surface area contributed by atoms with Crippen molar-refractivity contribution in [2.75, 3.05) is 6.54 Å². The molecule has 0 bridgehead atoms. The zero-order valence-electron chi connectivity index (χ0n) is 7.82. The number of thiazole rings is 1. The van der Waals surface area contributed by atoms with Crippen LogP contribution in [-0.2, 0) is 0 Å². The van der Waals surface area contributed by atoms with Gasteiger partial charge in [-0.3, -0.25) is 4.40 Å². The molecule has 0 aliphatic carbocycles. The monoisotopic (exact) mass is 195 g/mol. The summed E-state index contributed by atoms with van der Waals surface area (Å²) in [5.41, 5.74) is 1.12. The highest BCUT2D eigenvalue weighted by Gasteiger charge is 2.08.